The van der Waals surface area contributed by atoms with E-state index in [1.165, 1.54) is 6.92 Å². The van der Waals surface area contributed by atoms with Crippen molar-refractivity contribution < 1.29 is 9.53 Å². The van der Waals surface area contributed by atoms with Gasteiger partial charge < -0.3 is 10.5 Å². The van der Waals surface area contributed by atoms with Gasteiger partial charge in [-0.15, -0.1) is 0 Å². The van der Waals surface area contributed by atoms with Crippen molar-refractivity contribution in [3.05, 3.63) is 0 Å². The Labute approximate surface area is 74.3 Å². The van der Waals surface area contributed by atoms with Crippen LogP contribution in [0.15, 0.2) is 0 Å². The molecule has 0 heterocycles. The first-order valence-corrected chi connectivity index (χ1v) is 4.36. The molecule has 0 aliphatic carbocycles. The highest BCUT2D eigenvalue weighted by atomic mass is 16.5. The second-order valence-corrected chi connectivity index (χ2v) is 3.64. The summed E-state index contributed by atoms with van der Waals surface area (Å²) >= 11 is 0. The maximum absolute atomic E-state index is 10.7. The summed E-state index contributed by atoms with van der Waals surface area (Å²) in [7, 11) is 0. The summed E-state index contributed by atoms with van der Waals surface area (Å²) in [6.45, 7) is 7.43. The van der Waals surface area contributed by atoms with Gasteiger partial charge in [-0.25, -0.2) is 0 Å². The van der Waals surface area contributed by atoms with E-state index in [2.05, 4.69) is 13.8 Å². The number of carbonyl (C=O) groups excluding carboxylic acids is 1. The minimum atomic E-state index is -0.252. The lowest BCUT2D eigenvalue weighted by Crippen LogP contribution is -2.36. The predicted molar refractivity (Wildman–Crippen MR) is 48.7 cm³/mol. The van der Waals surface area contributed by atoms with E-state index in [1.807, 2.05) is 6.92 Å². The zero-order chi connectivity index (χ0) is 9.72. The second-order valence-electron chi connectivity index (χ2n) is 3.64. The molecule has 0 aromatic rings. The summed E-state index contributed by atoms with van der Waals surface area (Å²) in [6, 6.07) is -0.0868. The van der Waals surface area contributed by atoms with Crippen LogP contribution in [0.5, 0.6) is 0 Å². The standard InChI is InChI=1S/C9H19NO2/c1-6(2)5-9(7(3)10)12-8(4)11/h6-7,9H,5,10H2,1-4H3. The van der Waals surface area contributed by atoms with Crippen molar-refractivity contribution in [1.29, 1.82) is 0 Å². The number of nitrogens with two attached hydrogens (primary N) is 1. The fraction of sp³-hybridized carbons (Fsp3) is 0.889. The Morgan fingerprint density at radius 1 is 1.42 bits per heavy atom. The van der Waals surface area contributed by atoms with Gasteiger partial charge in [0.05, 0.1) is 0 Å². The third kappa shape index (κ3) is 5.13. The van der Waals surface area contributed by atoms with Gasteiger partial charge in [0.1, 0.15) is 6.10 Å². The SMILES string of the molecule is CC(=O)OC(CC(C)C)C(C)N. The number of hydrogen-bond donors (Lipinski definition) is 1. The lowest BCUT2D eigenvalue weighted by molar-refractivity contribution is -0.147. The van der Waals surface area contributed by atoms with Crippen LogP contribution in [0.4, 0.5) is 0 Å². The first kappa shape index (κ1) is 11.4. The van der Waals surface area contributed by atoms with E-state index in [-0.39, 0.29) is 18.1 Å². The normalized spacial score (nSPS) is 15.8. The molecule has 0 aliphatic heterocycles. The molecule has 2 N–H and O–H groups in total. The smallest absolute Gasteiger partial charge is 0.302 e. The van der Waals surface area contributed by atoms with Crippen LogP contribution in [-0.2, 0) is 9.53 Å². The minimum Gasteiger partial charge on any atom is -0.461 e. The first-order chi connectivity index (χ1) is 5.43. The Morgan fingerprint density at radius 2 is 1.92 bits per heavy atom. The number of hydrogen-bond acceptors (Lipinski definition) is 3. The van der Waals surface area contributed by atoms with Crippen LogP contribution in [-0.4, -0.2) is 18.1 Å². The molecule has 72 valence electrons. The van der Waals surface area contributed by atoms with E-state index in [1.54, 1.807) is 0 Å². The maximum atomic E-state index is 10.7. The summed E-state index contributed by atoms with van der Waals surface area (Å²) in [5, 5.41) is 0. The average molecular weight is 173 g/mol. The van der Waals surface area contributed by atoms with Crippen molar-refractivity contribution in [2.24, 2.45) is 11.7 Å². The van der Waals surface area contributed by atoms with E-state index < -0.39 is 0 Å². The summed E-state index contributed by atoms with van der Waals surface area (Å²) in [4.78, 5) is 10.7. The molecule has 0 amide bonds. The van der Waals surface area contributed by atoms with Crippen molar-refractivity contribution in [2.75, 3.05) is 0 Å². The fourth-order valence-corrected chi connectivity index (χ4v) is 1.05. The van der Waals surface area contributed by atoms with Crippen molar-refractivity contribution >= 4 is 5.97 Å². The van der Waals surface area contributed by atoms with Gasteiger partial charge >= 0.3 is 5.97 Å². The molecular formula is C9H19NO2. The van der Waals surface area contributed by atoms with E-state index in [0.29, 0.717) is 5.92 Å². The summed E-state index contributed by atoms with van der Waals surface area (Å²) in [5.74, 6) is 0.248. The maximum Gasteiger partial charge on any atom is 0.302 e. The quantitative estimate of drug-likeness (QED) is 0.652. The van der Waals surface area contributed by atoms with Crippen LogP contribution in [0.25, 0.3) is 0 Å². The number of esters is 1. The van der Waals surface area contributed by atoms with Gasteiger partial charge in [-0.1, -0.05) is 13.8 Å². The van der Waals surface area contributed by atoms with Gasteiger partial charge in [0.25, 0.3) is 0 Å². The Hall–Kier alpha value is -0.570. The molecule has 2 unspecified atom stereocenters. The molecule has 3 heteroatoms. The molecule has 0 aromatic heterocycles. The Bertz CT molecular complexity index is 143. The van der Waals surface area contributed by atoms with Crippen LogP contribution in [0.3, 0.4) is 0 Å². The van der Waals surface area contributed by atoms with E-state index >= 15 is 0 Å². The van der Waals surface area contributed by atoms with Gasteiger partial charge in [0.15, 0.2) is 0 Å². The third-order valence-corrected chi connectivity index (χ3v) is 1.61. The molecule has 3 nitrogen and oxygen atoms in total. The van der Waals surface area contributed by atoms with E-state index in [0.717, 1.165) is 6.42 Å². The van der Waals surface area contributed by atoms with Crippen LogP contribution in [0.1, 0.15) is 34.1 Å². The topological polar surface area (TPSA) is 52.3 Å². The van der Waals surface area contributed by atoms with Crippen molar-refractivity contribution in [1.82, 2.24) is 0 Å². The number of rotatable bonds is 4. The lowest BCUT2D eigenvalue weighted by atomic mass is 10.0. The molecule has 2 atom stereocenters. The molecule has 0 bridgehead atoms. The average Bonchev–Trinajstić information content (AvgIpc) is 1.83. The number of carbonyl (C=O) groups is 1. The molecular weight excluding hydrogens is 154 g/mol. The van der Waals surface area contributed by atoms with Crippen molar-refractivity contribution in [3.63, 3.8) is 0 Å². The summed E-state index contributed by atoms with van der Waals surface area (Å²) in [5.41, 5.74) is 5.66. The van der Waals surface area contributed by atoms with Crippen molar-refractivity contribution in [3.8, 4) is 0 Å². The molecule has 0 rings (SSSR count). The van der Waals surface area contributed by atoms with E-state index in [9.17, 15) is 4.79 Å². The number of ether oxygens (including phenoxy) is 1. The molecule has 0 radical (unpaired) electrons. The van der Waals surface area contributed by atoms with Gasteiger partial charge in [-0.05, 0) is 19.3 Å². The molecule has 0 saturated carbocycles. The molecule has 0 aliphatic rings. The van der Waals surface area contributed by atoms with Gasteiger partial charge in [-0.3, -0.25) is 4.79 Å². The largest absolute Gasteiger partial charge is 0.461 e. The van der Waals surface area contributed by atoms with Gasteiger partial charge in [-0.2, -0.15) is 0 Å². The molecule has 0 fully saturated rings. The van der Waals surface area contributed by atoms with E-state index in [4.69, 9.17) is 10.5 Å². The van der Waals surface area contributed by atoms with Crippen LogP contribution < -0.4 is 5.73 Å². The zero-order valence-electron chi connectivity index (χ0n) is 8.33. The highest BCUT2D eigenvalue weighted by Crippen LogP contribution is 2.10. The summed E-state index contributed by atoms with van der Waals surface area (Å²) in [6.07, 6.45) is 0.694. The zero-order valence-corrected chi connectivity index (χ0v) is 8.33. The molecule has 0 aromatic carbocycles. The Balaban J connectivity index is 3.95. The molecule has 0 saturated heterocycles. The summed E-state index contributed by atoms with van der Waals surface area (Å²) < 4.78 is 5.06. The fourth-order valence-electron chi connectivity index (χ4n) is 1.05. The van der Waals surface area contributed by atoms with Crippen LogP contribution >= 0.6 is 0 Å². The minimum absolute atomic E-state index is 0.0868. The monoisotopic (exact) mass is 173 g/mol. The van der Waals surface area contributed by atoms with Crippen LogP contribution in [0.2, 0.25) is 0 Å². The predicted octanol–water partition coefficient (Wildman–Crippen LogP) is 1.31. The Morgan fingerprint density at radius 3 is 2.17 bits per heavy atom. The first-order valence-electron chi connectivity index (χ1n) is 4.36. The highest BCUT2D eigenvalue weighted by molar-refractivity contribution is 5.66. The lowest BCUT2D eigenvalue weighted by Gasteiger charge is -2.22. The molecule has 12 heavy (non-hydrogen) atoms. The highest BCUT2D eigenvalue weighted by Gasteiger charge is 2.17. The third-order valence-electron chi connectivity index (χ3n) is 1.61. The van der Waals surface area contributed by atoms with Gasteiger partial charge in [0.2, 0.25) is 0 Å². The molecule has 0 spiro atoms. The van der Waals surface area contributed by atoms with Crippen molar-refractivity contribution in [2.45, 2.75) is 46.3 Å². The Kier molecular flexibility index (Phi) is 4.90. The second kappa shape index (κ2) is 5.14. The van der Waals surface area contributed by atoms with Crippen LogP contribution in [0, 0.1) is 5.92 Å². The van der Waals surface area contributed by atoms with Gasteiger partial charge in [0, 0.05) is 13.0 Å².